The molecule has 4 heteroatoms. The molecule has 0 heterocycles. The molecular weight excluding hydrogens is 236 g/mol. The fraction of sp³-hybridized carbons (Fsp3) is 0.538. The van der Waals surface area contributed by atoms with Crippen LogP contribution < -0.4 is 11.3 Å². The third-order valence-electron chi connectivity index (χ3n) is 2.59. The van der Waals surface area contributed by atoms with E-state index < -0.39 is 0 Å². The van der Waals surface area contributed by atoms with E-state index in [0.29, 0.717) is 0 Å². The highest BCUT2D eigenvalue weighted by Gasteiger charge is 2.07. The number of hydrogen-bond acceptors (Lipinski definition) is 3. The lowest BCUT2D eigenvalue weighted by Crippen LogP contribution is -2.37. The van der Waals surface area contributed by atoms with Crippen LogP contribution in [0.5, 0.6) is 0 Å². The second-order valence-corrected chi connectivity index (χ2v) is 4.53. The molecule has 0 radical (unpaired) electrons. The first-order valence-electron chi connectivity index (χ1n) is 6.04. The Morgan fingerprint density at radius 3 is 2.59 bits per heavy atom. The molecule has 1 aromatic rings. The number of hydrogen-bond donors (Lipinski definition) is 2. The summed E-state index contributed by atoms with van der Waals surface area (Å²) in [5, 5.41) is 0.761. The third-order valence-corrected chi connectivity index (χ3v) is 2.84. The zero-order valence-corrected chi connectivity index (χ0v) is 11.0. The summed E-state index contributed by atoms with van der Waals surface area (Å²) in [7, 11) is 0. The molecule has 0 fully saturated rings. The summed E-state index contributed by atoms with van der Waals surface area (Å²) >= 11 is 5.84. The largest absolute Gasteiger partial charge is 0.381 e. The third kappa shape index (κ3) is 6.03. The molecule has 1 atom stereocenters. The number of halogens is 1. The summed E-state index contributed by atoms with van der Waals surface area (Å²) < 4.78 is 5.46. The van der Waals surface area contributed by atoms with Crippen LogP contribution in [0.25, 0.3) is 0 Å². The van der Waals surface area contributed by atoms with Crippen molar-refractivity contribution in [3.05, 3.63) is 34.9 Å². The first kappa shape index (κ1) is 14.5. The number of benzene rings is 1. The van der Waals surface area contributed by atoms with Gasteiger partial charge in [0.2, 0.25) is 0 Å². The van der Waals surface area contributed by atoms with E-state index in [1.165, 1.54) is 5.56 Å². The van der Waals surface area contributed by atoms with Gasteiger partial charge in [0.05, 0.1) is 0 Å². The molecular formula is C13H21ClN2O. The van der Waals surface area contributed by atoms with Crippen molar-refractivity contribution in [1.82, 2.24) is 5.43 Å². The minimum absolute atomic E-state index is 0.244. The van der Waals surface area contributed by atoms with Gasteiger partial charge in [-0.1, -0.05) is 30.7 Å². The van der Waals surface area contributed by atoms with Crippen LogP contribution in [0.2, 0.25) is 5.02 Å². The fourth-order valence-corrected chi connectivity index (χ4v) is 1.75. The molecule has 0 saturated heterocycles. The maximum Gasteiger partial charge on any atom is 0.0481 e. The summed E-state index contributed by atoms with van der Waals surface area (Å²) in [5.41, 5.74) is 4.06. The van der Waals surface area contributed by atoms with Gasteiger partial charge >= 0.3 is 0 Å². The van der Waals surface area contributed by atoms with Crippen LogP contribution in [0.3, 0.4) is 0 Å². The zero-order chi connectivity index (χ0) is 12.5. The highest BCUT2D eigenvalue weighted by molar-refractivity contribution is 6.30. The van der Waals surface area contributed by atoms with E-state index >= 15 is 0 Å². The number of hydrazine groups is 1. The summed E-state index contributed by atoms with van der Waals surface area (Å²) in [6, 6.07) is 8.10. The first-order chi connectivity index (χ1) is 8.26. The number of rotatable bonds is 8. The molecule has 0 spiro atoms. The average Bonchev–Trinajstić information content (AvgIpc) is 2.35. The van der Waals surface area contributed by atoms with Gasteiger partial charge in [-0.15, -0.1) is 0 Å². The van der Waals surface area contributed by atoms with E-state index in [2.05, 4.69) is 12.3 Å². The quantitative estimate of drug-likeness (QED) is 0.427. The van der Waals surface area contributed by atoms with Gasteiger partial charge in [0, 0.05) is 24.3 Å². The Balaban J connectivity index is 2.33. The summed E-state index contributed by atoms with van der Waals surface area (Å²) in [5.74, 6) is 5.53. The van der Waals surface area contributed by atoms with Gasteiger partial charge < -0.3 is 4.74 Å². The van der Waals surface area contributed by atoms with Crippen molar-refractivity contribution in [3.63, 3.8) is 0 Å². The molecule has 3 nitrogen and oxygen atoms in total. The van der Waals surface area contributed by atoms with E-state index in [9.17, 15) is 0 Å². The van der Waals surface area contributed by atoms with E-state index in [1.807, 2.05) is 24.3 Å². The normalized spacial score (nSPS) is 12.6. The van der Waals surface area contributed by atoms with Crippen molar-refractivity contribution in [2.75, 3.05) is 13.2 Å². The van der Waals surface area contributed by atoms with Gasteiger partial charge in [0.15, 0.2) is 0 Å². The Labute approximate surface area is 108 Å². The van der Waals surface area contributed by atoms with Gasteiger partial charge in [0.1, 0.15) is 0 Å². The first-order valence-corrected chi connectivity index (χ1v) is 6.42. The maximum atomic E-state index is 5.84. The Hall–Kier alpha value is -0.610. The lowest BCUT2D eigenvalue weighted by Gasteiger charge is -2.15. The molecule has 17 heavy (non-hydrogen) atoms. The molecule has 0 aliphatic rings. The SMILES string of the molecule is CCCOCCC(Cc1ccc(Cl)cc1)NN. The highest BCUT2D eigenvalue weighted by atomic mass is 35.5. The molecule has 3 N–H and O–H groups in total. The van der Waals surface area contributed by atoms with E-state index in [4.69, 9.17) is 22.2 Å². The second kappa shape index (κ2) is 8.48. The van der Waals surface area contributed by atoms with Crippen LogP contribution in [0.15, 0.2) is 24.3 Å². The number of ether oxygens (including phenoxy) is 1. The Morgan fingerprint density at radius 2 is 2.00 bits per heavy atom. The minimum atomic E-state index is 0.244. The van der Waals surface area contributed by atoms with Crippen molar-refractivity contribution in [2.45, 2.75) is 32.2 Å². The zero-order valence-electron chi connectivity index (χ0n) is 10.3. The standard InChI is InChI=1S/C13H21ClN2O/c1-2-8-17-9-7-13(16-15)10-11-3-5-12(14)6-4-11/h3-6,13,16H,2,7-10,15H2,1H3. The second-order valence-electron chi connectivity index (χ2n) is 4.10. The minimum Gasteiger partial charge on any atom is -0.381 e. The van der Waals surface area contributed by atoms with Gasteiger partial charge in [-0.2, -0.15) is 0 Å². The van der Waals surface area contributed by atoms with Crippen LogP contribution in [0, 0.1) is 0 Å². The average molecular weight is 257 g/mol. The summed E-state index contributed by atoms with van der Waals surface area (Å²) in [6.07, 6.45) is 2.86. The smallest absolute Gasteiger partial charge is 0.0481 e. The van der Waals surface area contributed by atoms with Gasteiger partial charge in [-0.25, -0.2) is 0 Å². The maximum absolute atomic E-state index is 5.84. The lowest BCUT2D eigenvalue weighted by atomic mass is 10.0. The highest BCUT2D eigenvalue weighted by Crippen LogP contribution is 2.11. The van der Waals surface area contributed by atoms with Crippen molar-refractivity contribution in [2.24, 2.45) is 5.84 Å². The molecule has 1 aromatic carbocycles. The molecule has 1 rings (SSSR count). The van der Waals surface area contributed by atoms with Gasteiger partial charge in [0.25, 0.3) is 0 Å². The Kier molecular flexibility index (Phi) is 7.21. The van der Waals surface area contributed by atoms with Crippen LogP contribution in [0.4, 0.5) is 0 Å². The topological polar surface area (TPSA) is 47.3 Å². The van der Waals surface area contributed by atoms with E-state index in [0.717, 1.165) is 37.5 Å². The predicted octanol–water partition coefficient (Wildman–Crippen LogP) is 2.53. The fourth-order valence-electron chi connectivity index (χ4n) is 1.62. The van der Waals surface area contributed by atoms with Gasteiger partial charge in [-0.05, 0) is 37.0 Å². The van der Waals surface area contributed by atoms with Gasteiger partial charge in [-0.3, -0.25) is 11.3 Å². The van der Waals surface area contributed by atoms with Crippen LogP contribution in [-0.4, -0.2) is 19.3 Å². The van der Waals surface area contributed by atoms with Crippen molar-refractivity contribution < 1.29 is 4.74 Å². The van der Waals surface area contributed by atoms with Crippen LogP contribution >= 0.6 is 11.6 Å². The Morgan fingerprint density at radius 1 is 1.29 bits per heavy atom. The van der Waals surface area contributed by atoms with Crippen LogP contribution in [-0.2, 0) is 11.2 Å². The van der Waals surface area contributed by atoms with Crippen LogP contribution in [0.1, 0.15) is 25.3 Å². The monoisotopic (exact) mass is 256 g/mol. The van der Waals surface area contributed by atoms with Crippen molar-refractivity contribution >= 4 is 11.6 Å². The number of nitrogens with one attached hydrogen (secondary N) is 1. The molecule has 0 bridgehead atoms. The lowest BCUT2D eigenvalue weighted by molar-refractivity contribution is 0.124. The molecule has 0 saturated carbocycles. The summed E-state index contributed by atoms with van der Waals surface area (Å²) in [4.78, 5) is 0. The van der Waals surface area contributed by atoms with Crippen molar-refractivity contribution in [3.8, 4) is 0 Å². The Bertz CT molecular complexity index is 303. The molecule has 0 aliphatic carbocycles. The molecule has 1 unspecified atom stereocenters. The molecule has 0 amide bonds. The van der Waals surface area contributed by atoms with E-state index in [1.54, 1.807) is 0 Å². The van der Waals surface area contributed by atoms with Crippen molar-refractivity contribution in [1.29, 1.82) is 0 Å². The molecule has 0 aliphatic heterocycles. The molecule has 96 valence electrons. The van der Waals surface area contributed by atoms with E-state index in [-0.39, 0.29) is 6.04 Å². The predicted molar refractivity (Wildman–Crippen MR) is 72.0 cm³/mol. The summed E-state index contributed by atoms with van der Waals surface area (Å²) in [6.45, 7) is 3.67. The number of nitrogens with two attached hydrogens (primary N) is 1. The molecule has 0 aromatic heterocycles.